The molecule has 0 saturated heterocycles. The van der Waals surface area contributed by atoms with Gasteiger partial charge in [-0.15, -0.1) is 34.2 Å². The third-order valence-electron chi connectivity index (χ3n) is 4.91. The number of aromatic nitrogens is 3. The standard InChI is InChI=1S/C23H29FN6O.HI/c1-4-20(31-21-12-8-11-19(24)13-21)15-26-23(25-14-18-9-6-5-7-10-18)27-16-22-29-28-17(2)30(22)3;/h5-13,20H,4,14-16H2,1-3H3,(H2,25,26,27);1H. The Hall–Kier alpha value is -2.69. The van der Waals surface area contributed by atoms with Gasteiger partial charge in [-0.1, -0.05) is 43.3 Å². The van der Waals surface area contributed by atoms with Crippen LogP contribution in [0.25, 0.3) is 0 Å². The van der Waals surface area contributed by atoms with Gasteiger partial charge in [0, 0.05) is 13.1 Å². The summed E-state index contributed by atoms with van der Waals surface area (Å²) in [7, 11) is 1.93. The van der Waals surface area contributed by atoms with Crippen molar-refractivity contribution in [1.82, 2.24) is 25.4 Å². The molecule has 172 valence electrons. The fourth-order valence-electron chi connectivity index (χ4n) is 2.91. The molecule has 2 N–H and O–H groups in total. The molecule has 1 unspecified atom stereocenters. The van der Waals surface area contributed by atoms with Gasteiger partial charge in [0.05, 0.1) is 19.6 Å². The van der Waals surface area contributed by atoms with Gasteiger partial charge in [-0.2, -0.15) is 0 Å². The van der Waals surface area contributed by atoms with Gasteiger partial charge in [-0.05, 0) is 31.0 Å². The lowest BCUT2D eigenvalue weighted by Gasteiger charge is -2.20. The summed E-state index contributed by atoms with van der Waals surface area (Å²) in [5.41, 5.74) is 1.11. The number of ether oxygens (including phenoxy) is 1. The molecule has 0 spiro atoms. The number of rotatable bonds is 9. The lowest BCUT2D eigenvalue weighted by molar-refractivity contribution is 0.198. The monoisotopic (exact) mass is 552 g/mol. The van der Waals surface area contributed by atoms with Crippen LogP contribution < -0.4 is 15.4 Å². The highest BCUT2D eigenvalue weighted by Crippen LogP contribution is 2.14. The van der Waals surface area contributed by atoms with E-state index in [2.05, 4.69) is 20.8 Å². The highest BCUT2D eigenvalue weighted by atomic mass is 127. The van der Waals surface area contributed by atoms with E-state index >= 15 is 0 Å². The number of hydrogen-bond donors (Lipinski definition) is 2. The molecule has 3 rings (SSSR count). The van der Waals surface area contributed by atoms with Crippen molar-refractivity contribution in [3.05, 3.63) is 77.6 Å². The average molecular weight is 552 g/mol. The lowest BCUT2D eigenvalue weighted by atomic mass is 10.2. The minimum absolute atomic E-state index is 0. The summed E-state index contributed by atoms with van der Waals surface area (Å²) >= 11 is 0. The molecule has 0 amide bonds. The maximum Gasteiger partial charge on any atom is 0.192 e. The van der Waals surface area contributed by atoms with Gasteiger partial charge in [0.25, 0.3) is 0 Å². The molecular formula is C23H30FIN6O. The zero-order valence-corrected chi connectivity index (χ0v) is 20.9. The van der Waals surface area contributed by atoms with Crippen LogP contribution in [0.15, 0.2) is 59.6 Å². The summed E-state index contributed by atoms with van der Waals surface area (Å²) in [5, 5.41) is 14.9. The van der Waals surface area contributed by atoms with Gasteiger partial charge < -0.3 is 19.9 Å². The fourth-order valence-corrected chi connectivity index (χ4v) is 2.91. The minimum atomic E-state index is -0.314. The van der Waals surface area contributed by atoms with Crippen LogP contribution in [0.5, 0.6) is 5.75 Å². The van der Waals surface area contributed by atoms with E-state index in [0.717, 1.165) is 23.6 Å². The van der Waals surface area contributed by atoms with Crippen molar-refractivity contribution >= 4 is 29.9 Å². The molecule has 0 aliphatic heterocycles. The van der Waals surface area contributed by atoms with E-state index in [0.29, 0.717) is 31.3 Å². The first-order valence-corrected chi connectivity index (χ1v) is 10.4. The van der Waals surface area contributed by atoms with E-state index < -0.39 is 0 Å². The molecular weight excluding hydrogens is 522 g/mol. The molecule has 32 heavy (non-hydrogen) atoms. The predicted octanol–water partition coefficient (Wildman–Crippen LogP) is 3.97. The Balaban J connectivity index is 0.00000363. The van der Waals surface area contributed by atoms with Crippen LogP contribution >= 0.6 is 24.0 Å². The molecule has 0 saturated carbocycles. The molecule has 0 bridgehead atoms. The molecule has 3 aromatic rings. The first-order chi connectivity index (χ1) is 15.0. The van der Waals surface area contributed by atoms with Crippen LogP contribution in [0.4, 0.5) is 4.39 Å². The topological polar surface area (TPSA) is 76.4 Å². The number of halogens is 2. The van der Waals surface area contributed by atoms with Crippen LogP contribution in [-0.2, 0) is 20.1 Å². The highest BCUT2D eigenvalue weighted by Gasteiger charge is 2.11. The third-order valence-corrected chi connectivity index (χ3v) is 4.91. The lowest BCUT2D eigenvalue weighted by Crippen LogP contribution is -2.42. The van der Waals surface area contributed by atoms with Crippen LogP contribution in [0.1, 0.15) is 30.6 Å². The Labute approximate surface area is 205 Å². The van der Waals surface area contributed by atoms with Gasteiger partial charge in [0.15, 0.2) is 11.8 Å². The Bertz CT molecular complexity index is 995. The second-order valence-electron chi connectivity index (χ2n) is 7.21. The number of nitrogens with one attached hydrogen (secondary N) is 2. The van der Waals surface area contributed by atoms with Crippen LogP contribution in [-0.4, -0.2) is 33.4 Å². The molecule has 9 heteroatoms. The number of benzene rings is 2. The second-order valence-corrected chi connectivity index (χ2v) is 7.21. The number of hydrogen-bond acceptors (Lipinski definition) is 4. The quantitative estimate of drug-likeness (QED) is 0.239. The highest BCUT2D eigenvalue weighted by molar-refractivity contribution is 14.0. The van der Waals surface area contributed by atoms with E-state index in [1.54, 1.807) is 12.1 Å². The molecule has 1 atom stereocenters. The molecule has 7 nitrogen and oxygen atoms in total. The summed E-state index contributed by atoms with van der Waals surface area (Å²) in [6.45, 7) is 5.48. The maximum atomic E-state index is 13.5. The molecule has 0 fully saturated rings. The van der Waals surface area contributed by atoms with Gasteiger partial charge in [0.1, 0.15) is 23.5 Å². The zero-order valence-electron chi connectivity index (χ0n) is 18.6. The summed E-state index contributed by atoms with van der Waals surface area (Å²) < 4.78 is 21.3. The maximum absolute atomic E-state index is 13.5. The molecule has 1 aromatic heterocycles. The first kappa shape index (κ1) is 25.6. The first-order valence-electron chi connectivity index (χ1n) is 10.4. The van der Waals surface area contributed by atoms with Crippen molar-refractivity contribution in [3.8, 4) is 5.75 Å². The summed E-state index contributed by atoms with van der Waals surface area (Å²) in [6.07, 6.45) is 0.625. The van der Waals surface area contributed by atoms with Crippen molar-refractivity contribution in [2.75, 3.05) is 6.54 Å². The van der Waals surface area contributed by atoms with Crippen molar-refractivity contribution in [2.24, 2.45) is 12.0 Å². The van der Waals surface area contributed by atoms with Gasteiger partial charge in [0.2, 0.25) is 0 Å². The van der Waals surface area contributed by atoms with Crippen LogP contribution in [0.3, 0.4) is 0 Å². The van der Waals surface area contributed by atoms with E-state index in [1.807, 2.05) is 55.8 Å². The fraction of sp³-hybridized carbons (Fsp3) is 0.348. The molecule has 0 aliphatic carbocycles. The largest absolute Gasteiger partial charge is 0.489 e. The normalized spacial score (nSPS) is 12.1. The van der Waals surface area contributed by atoms with Gasteiger partial charge >= 0.3 is 0 Å². The molecule has 0 aliphatic rings. The number of aryl methyl sites for hydroxylation is 1. The molecule has 1 heterocycles. The van der Waals surface area contributed by atoms with E-state index in [-0.39, 0.29) is 35.9 Å². The van der Waals surface area contributed by atoms with Gasteiger partial charge in [-0.25, -0.2) is 9.38 Å². The molecule has 0 radical (unpaired) electrons. The zero-order chi connectivity index (χ0) is 22.1. The van der Waals surface area contributed by atoms with Crippen molar-refractivity contribution in [1.29, 1.82) is 0 Å². The van der Waals surface area contributed by atoms with Crippen molar-refractivity contribution in [2.45, 2.75) is 39.5 Å². The second kappa shape index (κ2) is 13.0. The van der Waals surface area contributed by atoms with Gasteiger partial charge in [-0.3, -0.25) is 0 Å². The summed E-state index contributed by atoms with van der Waals surface area (Å²) in [5.74, 6) is 2.51. The van der Waals surface area contributed by atoms with E-state index in [9.17, 15) is 4.39 Å². The number of guanidine groups is 1. The van der Waals surface area contributed by atoms with Crippen LogP contribution in [0, 0.1) is 12.7 Å². The third kappa shape index (κ3) is 7.77. The van der Waals surface area contributed by atoms with Crippen molar-refractivity contribution < 1.29 is 9.13 Å². The average Bonchev–Trinajstić information content (AvgIpc) is 3.10. The Kier molecular flexibility index (Phi) is 10.4. The number of aliphatic imine (C=N–C) groups is 1. The Morgan fingerprint density at radius 3 is 2.56 bits per heavy atom. The Morgan fingerprint density at radius 2 is 1.91 bits per heavy atom. The summed E-state index contributed by atoms with van der Waals surface area (Å²) in [6, 6.07) is 16.2. The van der Waals surface area contributed by atoms with Crippen molar-refractivity contribution in [3.63, 3.8) is 0 Å². The van der Waals surface area contributed by atoms with Crippen LogP contribution in [0.2, 0.25) is 0 Å². The van der Waals surface area contributed by atoms with E-state index in [4.69, 9.17) is 9.73 Å². The predicted molar refractivity (Wildman–Crippen MR) is 135 cm³/mol. The number of nitrogens with zero attached hydrogens (tertiary/aromatic N) is 4. The smallest absolute Gasteiger partial charge is 0.192 e. The van der Waals surface area contributed by atoms with E-state index in [1.165, 1.54) is 12.1 Å². The minimum Gasteiger partial charge on any atom is -0.489 e. The molecule has 2 aromatic carbocycles. The SMILES string of the molecule is CCC(CNC(=NCc1ccccc1)NCc1nnc(C)n1C)Oc1cccc(F)c1.I. The Morgan fingerprint density at radius 1 is 1.12 bits per heavy atom. The summed E-state index contributed by atoms with van der Waals surface area (Å²) in [4.78, 5) is 4.69.